The highest BCUT2D eigenvalue weighted by molar-refractivity contribution is 6.35. The minimum Gasteiger partial charge on any atom is -0.359 e. The van der Waals surface area contributed by atoms with Crippen LogP contribution in [-0.4, -0.2) is 69.8 Å². The minimum absolute atomic E-state index is 0.0266. The van der Waals surface area contributed by atoms with Gasteiger partial charge in [0.2, 0.25) is 5.91 Å². The van der Waals surface area contributed by atoms with Gasteiger partial charge < -0.3 is 25.4 Å². The van der Waals surface area contributed by atoms with Gasteiger partial charge in [-0.15, -0.1) is 0 Å². The van der Waals surface area contributed by atoms with E-state index < -0.39 is 5.82 Å². The summed E-state index contributed by atoms with van der Waals surface area (Å²) >= 11 is 5.92. The van der Waals surface area contributed by atoms with Gasteiger partial charge in [-0.2, -0.15) is 0 Å². The van der Waals surface area contributed by atoms with Crippen molar-refractivity contribution in [1.29, 1.82) is 0 Å². The van der Waals surface area contributed by atoms with Crippen LogP contribution in [-0.2, 0) is 16.0 Å². The SMILES string of the molecule is Cc1cc(CCC(=O)N2CCN(C)CC2)[nH]c1/C=C1/C(=O)Nc2ncnc(Nc3ccc(F)c(Cl)c3)c21. The zero-order valence-electron chi connectivity index (χ0n) is 20.6. The first kappa shape index (κ1) is 24.9. The molecule has 2 aromatic heterocycles. The van der Waals surface area contributed by atoms with Crippen LogP contribution in [0.1, 0.15) is 28.9 Å². The van der Waals surface area contributed by atoms with E-state index in [2.05, 4.69) is 37.5 Å². The lowest BCUT2D eigenvalue weighted by atomic mass is 10.1. The van der Waals surface area contributed by atoms with Crippen molar-refractivity contribution in [3.05, 3.63) is 63.9 Å². The van der Waals surface area contributed by atoms with Gasteiger partial charge in [0.05, 0.1) is 16.2 Å². The number of piperazine rings is 1. The molecule has 9 nitrogen and oxygen atoms in total. The molecule has 2 amide bonds. The number of likely N-dealkylation sites (N-methyl/N-ethyl adjacent to an activating group) is 1. The van der Waals surface area contributed by atoms with Crippen LogP contribution in [0.3, 0.4) is 0 Å². The van der Waals surface area contributed by atoms with Gasteiger partial charge >= 0.3 is 0 Å². The average molecular weight is 524 g/mol. The van der Waals surface area contributed by atoms with Crippen LogP contribution in [0.4, 0.5) is 21.7 Å². The summed E-state index contributed by atoms with van der Waals surface area (Å²) in [7, 11) is 2.06. The maximum absolute atomic E-state index is 13.6. The number of hydrogen-bond donors (Lipinski definition) is 3. The minimum atomic E-state index is -0.527. The maximum atomic E-state index is 13.6. The topological polar surface area (TPSA) is 106 Å². The summed E-state index contributed by atoms with van der Waals surface area (Å²) in [4.78, 5) is 41.5. The Kier molecular flexibility index (Phi) is 6.94. The van der Waals surface area contributed by atoms with E-state index in [0.29, 0.717) is 41.3 Å². The first-order valence-electron chi connectivity index (χ1n) is 12.0. The molecule has 5 rings (SSSR count). The predicted molar refractivity (Wildman–Crippen MR) is 141 cm³/mol. The van der Waals surface area contributed by atoms with Gasteiger partial charge in [-0.25, -0.2) is 14.4 Å². The molecule has 0 radical (unpaired) electrons. The van der Waals surface area contributed by atoms with Gasteiger partial charge in [0.25, 0.3) is 5.91 Å². The molecule has 0 atom stereocenters. The fourth-order valence-electron chi connectivity index (χ4n) is 4.50. The number of nitrogens with one attached hydrogen (secondary N) is 3. The van der Waals surface area contributed by atoms with Gasteiger partial charge in [-0.05, 0) is 56.3 Å². The van der Waals surface area contributed by atoms with E-state index in [1.54, 1.807) is 6.08 Å². The van der Waals surface area contributed by atoms with E-state index in [-0.39, 0.29) is 16.8 Å². The molecular weight excluding hydrogens is 497 g/mol. The van der Waals surface area contributed by atoms with Crippen molar-refractivity contribution in [3.8, 4) is 0 Å². The van der Waals surface area contributed by atoms with Crippen LogP contribution in [0.25, 0.3) is 11.6 Å². The number of fused-ring (bicyclic) bond motifs is 1. The number of rotatable bonds is 6. The molecule has 2 aliphatic rings. The second-order valence-electron chi connectivity index (χ2n) is 9.29. The quantitative estimate of drug-likeness (QED) is 0.424. The van der Waals surface area contributed by atoms with Crippen molar-refractivity contribution in [1.82, 2.24) is 24.8 Å². The third-order valence-corrected chi connectivity index (χ3v) is 6.93. The Morgan fingerprint density at radius 3 is 2.76 bits per heavy atom. The van der Waals surface area contributed by atoms with Crippen LogP contribution in [0.15, 0.2) is 30.6 Å². The zero-order chi connectivity index (χ0) is 26.1. The molecule has 2 aliphatic heterocycles. The van der Waals surface area contributed by atoms with Crippen LogP contribution < -0.4 is 10.6 Å². The summed E-state index contributed by atoms with van der Waals surface area (Å²) in [6, 6.07) is 6.24. The molecule has 0 bridgehead atoms. The molecule has 11 heteroatoms. The summed E-state index contributed by atoms with van der Waals surface area (Å²) in [5, 5.41) is 5.85. The van der Waals surface area contributed by atoms with Crippen LogP contribution in [0.5, 0.6) is 0 Å². The van der Waals surface area contributed by atoms with Crippen molar-refractivity contribution < 1.29 is 14.0 Å². The van der Waals surface area contributed by atoms with Crippen molar-refractivity contribution >= 4 is 52.4 Å². The highest BCUT2D eigenvalue weighted by Crippen LogP contribution is 2.37. The van der Waals surface area contributed by atoms with Crippen molar-refractivity contribution in [2.75, 3.05) is 43.9 Å². The number of halogens is 2. The number of carbonyl (C=O) groups excluding carboxylic acids is 2. The van der Waals surface area contributed by atoms with Crippen LogP contribution >= 0.6 is 11.6 Å². The van der Waals surface area contributed by atoms with Crippen molar-refractivity contribution in [2.24, 2.45) is 0 Å². The molecule has 0 saturated carbocycles. The number of aryl methyl sites for hydroxylation is 2. The second kappa shape index (κ2) is 10.3. The number of amides is 2. The summed E-state index contributed by atoms with van der Waals surface area (Å²) in [5.74, 6) is 0.0825. The Balaban J connectivity index is 1.35. The van der Waals surface area contributed by atoms with E-state index in [0.717, 1.165) is 43.1 Å². The van der Waals surface area contributed by atoms with Gasteiger partial charge in [0, 0.05) is 49.7 Å². The normalized spacial score (nSPS) is 16.7. The number of hydrogen-bond acceptors (Lipinski definition) is 6. The molecule has 0 unspecified atom stereocenters. The van der Waals surface area contributed by atoms with Gasteiger partial charge in [0.1, 0.15) is 23.8 Å². The molecule has 1 aromatic carbocycles. The average Bonchev–Trinajstić information content (AvgIpc) is 3.39. The largest absolute Gasteiger partial charge is 0.359 e. The predicted octanol–water partition coefficient (Wildman–Crippen LogP) is 3.85. The Bertz CT molecular complexity index is 1400. The molecule has 1 fully saturated rings. The number of benzene rings is 1. The summed E-state index contributed by atoms with van der Waals surface area (Å²) in [5.41, 5.74) is 4.06. The van der Waals surface area contributed by atoms with E-state index in [9.17, 15) is 14.0 Å². The maximum Gasteiger partial charge on any atom is 0.257 e. The summed E-state index contributed by atoms with van der Waals surface area (Å²) in [6.07, 6.45) is 4.10. The van der Waals surface area contributed by atoms with Crippen LogP contribution in [0.2, 0.25) is 5.02 Å². The number of carbonyl (C=O) groups is 2. The number of nitrogens with zero attached hydrogens (tertiary/aromatic N) is 4. The molecule has 37 heavy (non-hydrogen) atoms. The first-order chi connectivity index (χ1) is 17.8. The molecule has 192 valence electrons. The Morgan fingerprint density at radius 2 is 2.00 bits per heavy atom. The fourth-order valence-corrected chi connectivity index (χ4v) is 4.68. The first-order valence-corrected chi connectivity index (χ1v) is 12.4. The second-order valence-corrected chi connectivity index (χ2v) is 9.69. The third-order valence-electron chi connectivity index (χ3n) is 6.64. The fraction of sp³-hybridized carbons (Fsp3) is 0.308. The monoisotopic (exact) mass is 523 g/mol. The Labute approximate surface area is 218 Å². The molecule has 0 aliphatic carbocycles. The smallest absolute Gasteiger partial charge is 0.257 e. The summed E-state index contributed by atoms with van der Waals surface area (Å²) in [6.45, 7) is 5.25. The molecule has 1 saturated heterocycles. The van der Waals surface area contributed by atoms with E-state index in [1.807, 2.05) is 17.9 Å². The number of aromatic amines is 1. The third kappa shape index (κ3) is 5.35. The molecule has 0 spiro atoms. The van der Waals surface area contributed by atoms with Gasteiger partial charge in [-0.3, -0.25) is 9.59 Å². The number of aromatic nitrogens is 3. The molecule has 4 heterocycles. The zero-order valence-corrected chi connectivity index (χ0v) is 21.3. The van der Waals surface area contributed by atoms with E-state index in [1.165, 1.54) is 24.5 Å². The van der Waals surface area contributed by atoms with Crippen molar-refractivity contribution in [2.45, 2.75) is 19.8 Å². The lowest BCUT2D eigenvalue weighted by Crippen LogP contribution is -2.47. The van der Waals surface area contributed by atoms with E-state index in [4.69, 9.17) is 11.6 Å². The standard InChI is InChI=1S/C26H27ClFN7O2/c1-15-11-16(4-6-22(36)35-9-7-34(2)8-10-35)31-21(15)13-18-23-24(29-14-30-25(23)33-26(18)37)32-17-3-5-20(28)19(27)12-17/h3,5,11-14,31H,4,6-10H2,1-2H3,(H2,29,30,32,33,37)/b18-13+. The van der Waals surface area contributed by atoms with Gasteiger partial charge in [0.15, 0.2) is 0 Å². The lowest BCUT2D eigenvalue weighted by molar-refractivity contribution is -0.132. The Morgan fingerprint density at radius 1 is 1.22 bits per heavy atom. The van der Waals surface area contributed by atoms with Crippen molar-refractivity contribution in [3.63, 3.8) is 0 Å². The highest BCUT2D eigenvalue weighted by atomic mass is 35.5. The van der Waals surface area contributed by atoms with Gasteiger partial charge in [-0.1, -0.05) is 11.6 Å². The summed E-state index contributed by atoms with van der Waals surface area (Å²) < 4.78 is 13.6. The number of anilines is 3. The molecular formula is C26H27ClFN7O2. The van der Waals surface area contributed by atoms with E-state index >= 15 is 0 Å². The highest BCUT2D eigenvalue weighted by Gasteiger charge is 2.30. The van der Waals surface area contributed by atoms with Crippen LogP contribution in [0, 0.1) is 12.7 Å². The molecule has 3 N–H and O–H groups in total. The number of H-pyrrole nitrogens is 1. The Hall–Kier alpha value is -3.76. The lowest BCUT2D eigenvalue weighted by Gasteiger charge is -2.32. The molecule has 3 aromatic rings.